The van der Waals surface area contributed by atoms with Crippen LogP contribution in [0.3, 0.4) is 0 Å². The highest BCUT2D eigenvalue weighted by molar-refractivity contribution is 5.74. The van der Waals surface area contributed by atoms with Crippen molar-refractivity contribution < 1.29 is 9.53 Å². The minimum atomic E-state index is -0.115. The number of carbonyl (C=O) groups excluding carboxylic acids is 1. The molecular formula is C22H37N3O2. The maximum atomic E-state index is 12.3. The van der Waals surface area contributed by atoms with E-state index in [1.807, 2.05) is 6.07 Å². The Bertz CT molecular complexity index is 574. The first kappa shape index (κ1) is 21.7. The first-order valence-electron chi connectivity index (χ1n) is 10.2. The van der Waals surface area contributed by atoms with Gasteiger partial charge in [-0.25, -0.2) is 4.79 Å². The lowest BCUT2D eigenvalue weighted by molar-refractivity contribution is -0.0290. The Hall–Kier alpha value is -1.59. The zero-order chi connectivity index (χ0) is 19.9. The van der Waals surface area contributed by atoms with E-state index in [4.69, 9.17) is 4.74 Å². The number of hydrogen-bond acceptors (Lipinski definition) is 3. The molecule has 0 bridgehead atoms. The Kier molecular flexibility index (Phi) is 8.11. The van der Waals surface area contributed by atoms with Gasteiger partial charge in [0.25, 0.3) is 0 Å². The molecule has 2 N–H and O–H groups in total. The van der Waals surface area contributed by atoms with Crippen LogP contribution in [0.5, 0.6) is 0 Å². The SMILES string of the molecule is CC(C)CN1CCOC(CNC(=O)NC(C)CC(C)(C)c2ccccc2)C1. The molecular weight excluding hydrogens is 338 g/mol. The van der Waals surface area contributed by atoms with Crippen LogP contribution in [0.25, 0.3) is 0 Å². The van der Waals surface area contributed by atoms with E-state index in [0.717, 1.165) is 32.7 Å². The van der Waals surface area contributed by atoms with E-state index >= 15 is 0 Å². The Balaban J connectivity index is 1.73. The summed E-state index contributed by atoms with van der Waals surface area (Å²) in [6, 6.07) is 10.4. The van der Waals surface area contributed by atoms with Gasteiger partial charge >= 0.3 is 6.03 Å². The molecule has 1 aliphatic rings. The first-order valence-corrected chi connectivity index (χ1v) is 10.2. The number of carbonyl (C=O) groups is 1. The second-order valence-corrected chi connectivity index (χ2v) is 8.86. The Morgan fingerprint density at radius 3 is 2.63 bits per heavy atom. The van der Waals surface area contributed by atoms with Crippen LogP contribution in [0, 0.1) is 5.92 Å². The predicted molar refractivity (Wildman–Crippen MR) is 111 cm³/mol. The van der Waals surface area contributed by atoms with Crippen LogP contribution in [0.4, 0.5) is 4.79 Å². The number of morpholine rings is 1. The van der Waals surface area contributed by atoms with Gasteiger partial charge < -0.3 is 15.4 Å². The van der Waals surface area contributed by atoms with E-state index in [2.05, 4.69) is 74.4 Å². The van der Waals surface area contributed by atoms with Crippen LogP contribution >= 0.6 is 0 Å². The van der Waals surface area contributed by atoms with Crippen LogP contribution in [0.15, 0.2) is 30.3 Å². The molecule has 2 rings (SSSR count). The largest absolute Gasteiger partial charge is 0.374 e. The van der Waals surface area contributed by atoms with Gasteiger partial charge in [0.15, 0.2) is 0 Å². The average Bonchev–Trinajstić information content (AvgIpc) is 2.60. The maximum Gasteiger partial charge on any atom is 0.315 e. The Labute approximate surface area is 164 Å². The van der Waals surface area contributed by atoms with Gasteiger partial charge in [-0.2, -0.15) is 0 Å². The maximum absolute atomic E-state index is 12.3. The molecule has 0 saturated carbocycles. The molecule has 2 amide bonds. The number of amides is 2. The fraction of sp³-hybridized carbons (Fsp3) is 0.682. The third kappa shape index (κ3) is 7.51. The lowest BCUT2D eigenvalue weighted by Crippen LogP contribution is -2.50. The first-order chi connectivity index (χ1) is 12.8. The van der Waals surface area contributed by atoms with Crippen molar-refractivity contribution in [2.24, 2.45) is 5.92 Å². The fourth-order valence-corrected chi connectivity index (χ4v) is 3.89. The quantitative estimate of drug-likeness (QED) is 0.732. The van der Waals surface area contributed by atoms with E-state index in [1.54, 1.807) is 0 Å². The van der Waals surface area contributed by atoms with Crippen molar-refractivity contribution in [1.29, 1.82) is 0 Å². The molecule has 0 aromatic heterocycles. The Morgan fingerprint density at radius 2 is 1.96 bits per heavy atom. The molecule has 1 aromatic carbocycles. The molecule has 27 heavy (non-hydrogen) atoms. The van der Waals surface area contributed by atoms with Crippen LogP contribution in [0.1, 0.15) is 46.6 Å². The second kappa shape index (κ2) is 10.1. The second-order valence-electron chi connectivity index (χ2n) is 8.86. The summed E-state index contributed by atoms with van der Waals surface area (Å²) < 4.78 is 5.80. The van der Waals surface area contributed by atoms with Crippen molar-refractivity contribution in [3.8, 4) is 0 Å². The average molecular weight is 376 g/mol. The van der Waals surface area contributed by atoms with Gasteiger partial charge in [0.1, 0.15) is 0 Å². The van der Waals surface area contributed by atoms with Gasteiger partial charge in [0, 0.05) is 32.2 Å². The standard InChI is InChI=1S/C22H37N3O2/c1-17(2)15-25-11-12-27-20(16-25)14-23-21(26)24-18(3)13-22(4,5)19-9-7-6-8-10-19/h6-10,17-18,20H,11-16H2,1-5H3,(H2,23,24,26). The van der Waals surface area contributed by atoms with Crippen molar-refractivity contribution in [3.05, 3.63) is 35.9 Å². The van der Waals surface area contributed by atoms with Crippen LogP contribution in [-0.2, 0) is 10.2 Å². The van der Waals surface area contributed by atoms with Gasteiger partial charge in [-0.3, -0.25) is 4.90 Å². The summed E-state index contributed by atoms with van der Waals surface area (Å²) in [7, 11) is 0. The van der Waals surface area contributed by atoms with Crippen molar-refractivity contribution in [1.82, 2.24) is 15.5 Å². The number of nitrogens with one attached hydrogen (secondary N) is 2. The molecule has 2 unspecified atom stereocenters. The number of hydrogen-bond donors (Lipinski definition) is 2. The third-order valence-corrected chi connectivity index (χ3v) is 5.09. The molecule has 1 heterocycles. The zero-order valence-electron chi connectivity index (χ0n) is 17.6. The molecule has 1 aromatic rings. The van der Waals surface area contributed by atoms with Crippen molar-refractivity contribution in [2.45, 2.75) is 58.6 Å². The van der Waals surface area contributed by atoms with Gasteiger partial charge in [0.2, 0.25) is 0 Å². The van der Waals surface area contributed by atoms with Crippen LogP contribution in [-0.4, -0.2) is 55.9 Å². The van der Waals surface area contributed by atoms with E-state index in [9.17, 15) is 4.79 Å². The topological polar surface area (TPSA) is 53.6 Å². The Morgan fingerprint density at radius 1 is 1.26 bits per heavy atom. The smallest absolute Gasteiger partial charge is 0.315 e. The molecule has 1 aliphatic heterocycles. The highest BCUT2D eigenvalue weighted by atomic mass is 16.5. The minimum Gasteiger partial charge on any atom is -0.374 e. The monoisotopic (exact) mass is 375 g/mol. The summed E-state index contributed by atoms with van der Waals surface area (Å²) in [5, 5.41) is 6.05. The van der Waals surface area contributed by atoms with Crippen LogP contribution in [0.2, 0.25) is 0 Å². The molecule has 0 radical (unpaired) electrons. The van der Waals surface area contributed by atoms with Crippen molar-refractivity contribution in [2.75, 3.05) is 32.8 Å². The predicted octanol–water partition coefficient (Wildman–Crippen LogP) is 3.40. The molecule has 152 valence electrons. The molecule has 0 spiro atoms. The summed E-state index contributed by atoms with van der Waals surface area (Å²) >= 11 is 0. The molecule has 5 nitrogen and oxygen atoms in total. The zero-order valence-corrected chi connectivity index (χ0v) is 17.6. The third-order valence-electron chi connectivity index (χ3n) is 5.09. The van der Waals surface area contributed by atoms with Gasteiger partial charge in [-0.15, -0.1) is 0 Å². The molecule has 1 saturated heterocycles. The van der Waals surface area contributed by atoms with E-state index in [1.165, 1.54) is 5.56 Å². The summed E-state index contributed by atoms with van der Waals surface area (Å²) in [6.07, 6.45) is 0.950. The summed E-state index contributed by atoms with van der Waals surface area (Å²) in [5.41, 5.74) is 1.30. The van der Waals surface area contributed by atoms with Gasteiger partial charge in [0.05, 0.1) is 12.7 Å². The number of ether oxygens (including phenoxy) is 1. The van der Waals surface area contributed by atoms with E-state index in [-0.39, 0.29) is 23.6 Å². The van der Waals surface area contributed by atoms with Crippen molar-refractivity contribution >= 4 is 6.03 Å². The summed E-state index contributed by atoms with van der Waals surface area (Å²) in [5.74, 6) is 0.647. The number of benzene rings is 1. The summed E-state index contributed by atoms with van der Waals surface area (Å²) in [4.78, 5) is 14.7. The number of nitrogens with zero attached hydrogens (tertiary/aromatic N) is 1. The van der Waals surface area contributed by atoms with Crippen LogP contribution < -0.4 is 10.6 Å². The molecule has 2 atom stereocenters. The highest BCUT2D eigenvalue weighted by Crippen LogP contribution is 2.28. The highest BCUT2D eigenvalue weighted by Gasteiger charge is 2.25. The lowest BCUT2D eigenvalue weighted by Gasteiger charge is -2.34. The lowest BCUT2D eigenvalue weighted by atomic mass is 9.79. The molecule has 5 heteroatoms. The number of rotatable bonds is 8. The fourth-order valence-electron chi connectivity index (χ4n) is 3.89. The number of urea groups is 1. The van der Waals surface area contributed by atoms with Crippen molar-refractivity contribution in [3.63, 3.8) is 0 Å². The van der Waals surface area contributed by atoms with E-state index in [0.29, 0.717) is 12.5 Å². The van der Waals surface area contributed by atoms with E-state index < -0.39 is 0 Å². The minimum absolute atomic E-state index is 0.0117. The normalized spacial score (nSPS) is 19.7. The molecule has 0 aliphatic carbocycles. The molecule has 1 fully saturated rings. The van der Waals surface area contributed by atoms with Gasteiger partial charge in [-0.1, -0.05) is 58.0 Å². The van der Waals surface area contributed by atoms with Gasteiger partial charge in [-0.05, 0) is 30.2 Å². The summed E-state index contributed by atoms with van der Waals surface area (Å²) in [6.45, 7) is 15.2.